The molecule has 0 fully saturated rings. The number of rotatable bonds is 4. The van der Waals surface area contributed by atoms with Crippen LogP contribution in [-0.2, 0) is 6.54 Å². The first-order chi connectivity index (χ1) is 8.16. The number of hydrogen-bond donors (Lipinski definition) is 2. The molecule has 0 bridgehead atoms. The summed E-state index contributed by atoms with van der Waals surface area (Å²) in [6.07, 6.45) is 1.04. The second-order valence-electron chi connectivity index (χ2n) is 3.27. The molecule has 0 aliphatic heterocycles. The van der Waals surface area contributed by atoms with Crippen molar-refractivity contribution in [1.29, 1.82) is 0 Å². The van der Waals surface area contributed by atoms with E-state index in [0.29, 0.717) is 5.69 Å². The summed E-state index contributed by atoms with van der Waals surface area (Å²) in [5, 5.41) is 11.4. The van der Waals surface area contributed by atoms with Gasteiger partial charge in [0.2, 0.25) is 5.89 Å². The van der Waals surface area contributed by atoms with E-state index in [4.69, 9.17) is 9.52 Å². The van der Waals surface area contributed by atoms with E-state index in [2.05, 4.69) is 10.3 Å². The Bertz CT molecular complexity index is 539. The smallest absolute Gasteiger partial charge is 0.357 e. The predicted molar refractivity (Wildman–Crippen MR) is 57.2 cm³/mol. The molecule has 0 spiro atoms. The summed E-state index contributed by atoms with van der Waals surface area (Å²) in [5.74, 6) is -1.37. The van der Waals surface area contributed by atoms with E-state index < -0.39 is 11.8 Å². The lowest BCUT2D eigenvalue weighted by atomic mass is 10.3. The summed E-state index contributed by atoms with van der Waals surface area (Å²) in [4.78, 5) is 14.2. The number of anilines is 1. The minimum atomic E-state index is -1.16. The topological polar surface area (TPSA) is 75.4 Å². The lowest BCUT2D eigenvalue weighted by Crippen LogP contribution is -2.03. The Morgan fingerprint density at radius 1 is 1.47 bits per heavy atom. The van der Waals surface area contributed by atoms with Crippen molar-refractivity contribution in [3.8, 4) is 0 Å². The third kappa shape index (κ3) is 2.60. The number of nitrogens with one attached hydrogen (secondary N) is 1. The first kappa shape index (κ1) is 11.1. The highest BCUT2D eigenvalue weighted by Gasteiger charge is 2.10. The summed E-state index contributed by atoms with van der Waals surface area (Å²) < 4.78 is 18.1. The Hall–Kier alpha value is -2.37. The Morgan fingerprint density at radius 3 is 2.88 bits per heavy atom. The Morgan fingerprint density at radius 2 is 2.24 bits per heavy atom. The van der Waals surface area contributed by atoms with Gasteiger partial charge in [-0.3, -0.25) is 0 Å². The predicted octanol–water partition coefficient (Wildman–Crippen LogP) is 2.12. The number of carboxylic acid groups (broad SMARTS) is 1. The average Bonchev–Trinajstić information content (AvgIpc) is 2.77. The third-order valence-corrected chi connectivity index (χ3v) is 2.07. The van der Waals surface area contributed by atoms with Gasteiger partial charge in [0.25, 0.3) is 0 Å². The van der Waals surface area contributed by atoms with Crippen molar-refractivity contribution in [2.75, 3.05) is 5.32 Å². The van der Waals surface area contributed by atoms with Gasteiger partial charge in [-0.1, -0.05) is 12.1 Å². The number of oxazole rings is 1. The zero-order chi connectivity index (χ0) is 12.3. The molecule has 2 rings (SSSR count). The molecule has 0 atom stereocenters. The summed E-state index contributed by atoms with van der Waals surface area (Å²) in [6, 6.07) is 6.15. The van der Waals surface area contributed by atoms with Crippen LogP contribution in [0, 0.1) is 5.82 Å². The molecule has 88 valence electrons. The lowest BCUT2D eigenvalue weighted by Gasteiger charge is -2.03. The fraction of sp³-hybridized carbons (Fsp3) is 0.0909. The third-order valence-electron chi connectivity index (χ3n) is 2.07. The Labute approximate surface area is 95.9 Å². The second kappa shape index (κ2) is 4.65. The molecule has 1 heterocycles. The zero-order valence-electron chi connectivity index (χ0n) is 8.68. The summed E-state index contributed by atoms with van der Waals surface area (Å²) in [7, 11) is 0. The van der Waals surface area contributed by atoms with Gasteiger partial charge in [0.05, 0.1) is 12.2 Å². The van der Waals surface area contributed by atoms with Crippen LogP contribution in [0.3, 0.4) is 0 Å². The zero-order valence-corrected chi connectivity index (χ0v) is 8.68. The van der Waals surface area contributed by atoms with E-state index in [0.717, 1.165) is 6.26 Å². The van der Waals surface area contributed by atoms with Gasteiger partial charge < -0.3 is 14.8 Å². The first-order valence-electron chi connectivity index (χ1n) is 4.83. The molecule has 0 amide bonds. The molecule has 0 saturated carbocycles. The van der Waals surface area contributed by atoms with Crippen molar-refractivity contribution >= 4 is 11.7 Å². The summed E-state index contributed by atoms with van der Waals surface area (Å²) >= 11 is 0. The molecule has 0 unspecified atom stereocenters. The fourth-order valence-corrected chi connectivity index (χ4v) is 1.27. The highest BCUT2D eigenvalue weighted by Crippen LogP contribution is 2.13. The SMILES string of the molecule is O=C(O)c1coc(CNc2ccccc2F)n1. The highest BCUT2D eigenvalue weighted by molar-refractivity contribution is 5.84. The van der Waals surface area contributed by atoms with E-state index in [9.17, 15) is 9.18 Å². The molecule has 5 nitrogen and oxygen atoms in total. The molecule has 17 heavy (non-hydrogen) atoms. The molecular weight excluding hydrogens is 227 g/mol. The standard InChI is InChI=1S/C11H9FN2O3/c12-7-3-1-2-4-8(7)13-5-10-14-9(6-17-10)11(15)16/h1-4,6,13H,5H2,(H,15,16). The highest BCUT2D eigenvalue weighted by atomic mass is 19.1. The Balaban J connectivity index is 2.02. The number of nitrogens with zero attached hydrogens (tertiary/aromatic N) is 1. The van der Waals surface area contributed by atoms with E-state index in [1.807, 2.05) is 0 Å². The van der Waals surface area contributed by atoms with Crippen molar-refractivity contribution < 1.29 is 18.7 Å². The maximum absolute atomic E-state index is 13.2. The second-order valence-corrected chi connectivity index (χ2v) is 3.27. The maximum atomic E-state index is 13.2. The van der Waals surface area contributed by atoms with E-state index in [1.165, 1.54) is 6.07 Å². The molecule has 0 aliphatic carbocycles. The van der Waals surface area contributed by atoms with Crippen molar-refractivity contribution in [3.63, 3.8) is 0 Å². The number of aromatic nitrogens is 1. The van der Waals surface area contributed by atoms with Crippen LogP contribution < -0.4 is 5.32 Å². The quantitative estimate of drug-likeness (QED) is 0.850. The van der Waals surface area contributed by atoms with E-state index in [-0.39, 0.29) is 18.1 Å². The molecule has 1 aromatic heterocycles. The largest absolute Gasteiger partial charge is 0.476 e. The molecule has 2 N–H and O–H groups in total. The summed E-state index contributed by atoms with van der Waals surface area (Å²) in [6.45, 7) is 0.119. The van der Waals surface area contributed by atoms with Gasteiger partial charge in [0.15, 0.2) is 5.69 Å². The monoisotopic (exact) mass is 236 g/mol. The molecule has 0 saturated heterocycles. The maximum Gasteiger partial charge on any atom is 0.357 e. The number of carbonyl (C=O) groups is 1. The van der Waals surface area contributed by atoms with Crippen molar-refractivity contribution in [2.24, 2.45) is 0 Å². The molecule has 0 radical (unpaired) electrons. The van der Waals surface area contributed by atoms with Gasteiger partial charge in [-0.15, -0.1) is 0 Å². The van der Waals surface area contributed by atoms with Gasteiger partial charge in [-0.25, -0.2) is 14.2 Å². The minimum Gasteiger partial charge on any atom is -0.476 e. The van der Waals surface area contributed by atoms with Crippen LogP contribution in [0.15, 0.2) is 34.9 Å². The van der Waals surface area contributed by atoms with Crippen LogP contribution in [0.1, 0.15) is 16.4 Å². The van der Waals surface area contributed by atoms with Crippen LogP contribution in [0.2, 0.25) is 0 Å². The van der Waals surface area contributed by atoms with Crippen LogP contribution >= 0.6 is 0 Å². The molecule has 6 heteroatoms. The van der Waals surface area contributed by atoms with Crippen LogP contribution in [0.4, 0.5) is 10.1 Å². The lowest BCUT2D eigenvalue weighted by molar-refractivity contribution is 0.0690. The molecule has 2 aromatic rings. The van der Waals surface area contributed by atoms with Crippen molar-refractivity contribution in [2.45, 2.75) is 6.54 Å². The number of para-hydroxylation sites is 1. The van der Waals surface area contributed by atoms with Crippen LogP contribution in [0.5, 0.6) is 0 Å². The minimum absolute atomic E-state index is 0.119. The van der Waals surface area contributed by atoms with E-state index >= 15 is 0 Å². The molecule has 1 aromatic carbocycles. The number of carboxylic acids is 1. The first-order valence-corrected chi connectivity index (χ1v) is 4.83. The average molecular weight is 236 g/mol. The van der Waals surface area contributed by atoms with Gasteiger partial charge in [-0.2, -0.15) is 0 Å². The number of hydrogen-bond acceptors (Lipinski definition) is 4. The van der Waals surface area contributed by atoms with Gasteiger partial charge >= 0.3 is 5.97 Å². The fourth-order valence-electron chi connectivity index (χ4n) is 1.27. The van der Waals surface area contributed by atoms with Gasteiger partial charge in [0.1, 0.15) is 12.1 Å². The van der Waals surface area contributed by atoms with Crippen molar-refractivity contribution in [1.82, 2.24) is 4.98 Å². The Kier molecular flexibility index (Phi) is 3.04. The van der Waals surface area contributed by atoms with Crippen molar-refractivity contribution in [3.05, 3.63) is 47.9 Å². The van der Waals surface area contributed by atoms with Gasteiger partial charge in [0, 0.05) is 0 Å². The number of aromatic carboxylic acids is 1. The number of halogens is 1. The van der Waals surface area contributed by atoms with Crippen LogP contribution in [0.25, 0.3) is 0 Å². The summed E-state index contributed by atoms with van der Waals surface area (Å²) in [5.41, 5.74) is 0.137. The van der Waals surface area contributed by atoms with Crippen LogP contribution in [-0.4, -0.2) is 16.1 Å². The van der Waals surface area contributed by atoms with Gasteiger partial charge in [-0.05, 0) is 12.1 Å². The van der Waals surface area contributed by atoms with E-state index in [1.54, 1.807) is 18.2 Å². The normalized spacial score (nSPS) is 10.2. The molecule has 0 aliphatic rings. The number of benzene rings is 1. The molecular formula is C11H9FN2O3.